The van der Waals surface area contributed by atoms with Crippen molar-refractivity contribution in [1.82, 2.24) is 15.0 Å². The summed E-state index contributed by atoms with van der Waals surface area (Å²) < 4.78 is 29.8. The third-order valence-corrected chi connectivity index (χ3v) is 6.06. The molecule has 0 saturated carbocycles. The van der Waals surface area contributed by atoms with Crippen molar-refractivity contribution in [2.24, 2.45) is 0 Å². The standard InChI is InChI=1S/C24H18F2N6O2S/c25-24(26)34-15-7-5-14(6-8-15)28-12-18-16-4-2-1-3-13(16)11-19(29-18)31-23(33)22-30-17-9-10-35-20(17)21(27)32-22/h1-11,24,28H,12H2,(H2,27,30,32)(H,29,31,33). The molecule has 0 unspecified atom stereocenters. The number of nitrogen functional groups attached to an aromatic ring is 1. The zero-order valence-electron chi connectivity index (χ0n) is 18.0. The SMILES string of the molecule is Nc1nc(C(=O)Nc2cc3ccccc3c(CNc3ccc(OC(F)F)cc3)n2)nc2ccsc12. The molecule has 0 atom stereocenters. The smallest absolute Gasteiger partial charge is 0.387 e. The number of pyridine rings is 1. The van der Waals surface area contributed by atoms with Gasteiger partial charge < -0.3 is 21.1 Å². The maximum Gasteiger partial charge on any atom is 0.387 e. The van der Waals surface area contributed by atoms with Crippen LogP contribution in [-0.4, -0.2) is 27.5 Å². The minimum absolute atomic E-state index is 0.0471. The van der Waals surface area contributed by atoms with Crippen molar-refractivity contribution in [3.05, 3.63) is 77.6 Å². The Morgan fingerprint density at radius 1 is 1.06 bits per heavy atom. The molecule has 1 amide bonds. The molecule has 2 aromatic carbocycles. The van der Waals surface area contributed by atoms with E-state index >= 15 is 0 Å². The Kier molecular flexibility index (Phi) is 6.06. The van der Waals surface area contributed by atoms with E-state index < -0.39 is 12.5 Å². The Labute approximate surface area is 201 Å². The summed E-state index contributed by atoms with van der Waals surface area (Å²) in [5.74, 6) is 0.0767. The third-order valence-electron chi connectivity index (χ3n) is 5.13. The van der Waals surface area contributed by atoms with Crippen molar-refractivity contribution in [3.63, 3.8) is 0 Å². The molecule has 0 saturated heterocycles. The molecule has 5 rings (SSSR count). The summed E-state index contributed by atoms with van der Waals surface area (Å²) in [6.07, 6.45) is 0. The number of nitrogens with zero attached hydrogens (tertiary/aromatic N) is 3. The van der Waals surface area contributed by atoms with Crippen LogP contribution < -0.4 is 21.1 Å². The number of benzene rings is 2. The van der Waals surface area contributed by atoms with E-state index in [2.05, 4.69) is 30.3 Å². The quantitative estimate of drug-likeness (QED) is 0.283. The lowest BCUT2D eigenvalue weighted by molar-refractivity contribution is -0.0498. The van der Waals surface area contributed by atoms with E-state index in [1.807, 2.05) is 29.6 Å². The van der Waals surface area contributed by atoms with E-state index in [4.69, 9.17) is 5.73 Å². The van der Waals surface area contributed by atoms with Gasteiger partial charge in [0.15, 0.2) is 0 Å². The summed E-state index contributed by atoms with van der Waals surface area (Å²) in [5.41, 5.74) is 7.95. The lowest BCUT2D eigenvalue weighted by atomic mass is 10.1. The zero-order chi connectivity index (χ0) is 24.4. The van der Waals surface area contributed by atoms with E-state index in [1.165, 1.54) is 23.5 Å². The van der Waals surface area contributed by atoms with E-state index in [-0.39, 0.29) is 17.4 Å². The molecular weight excluding hydrogens is 474 g/mol. The number of aromatic nitrogens is 3. The molecule has 35 heavy (non-hydrogen) atoms. The molecule has 0 aliphatic rings. The van der Waals surface area contributed by atoms with Crippen molar-refractivity contribution < 1.29 is 18.3 Å². The molecule has 0 bridgehead atoms. The van der Waals surface area contributed by atoms with Crippen molar-refractivity contribution in [3.8, 4) is 5.75 Å². The van der Waals surface area contributed by atoms with E-state index in [1.54, 1.807) is 24.3 Å². The van der Waals surface area contributed by atoms with Gasteiger partial charge in [-0.3, -0.25) is 4.79 Å². The van der Waals surface area contributed by atoms with Gasteiger partial charge in [0.25, 0.3) is 5.91 Å². The fraction of sp³-hybridized carbons (Fsp3) is 0.0833. The van der Waals surface area contributed by atoms with E-state index in [0.717, 1.165) is 15.5 Å². The Balaban J connectivity index is 1.38. The molecule has 0 radical (unpaired) electrons. The van der Waals surface area contributed by atoms with Gasteiger partial charge in [0.2, 0.25) is 5.82 Å². The Hall–Kier alpha value is -4.38. The molecule has 0 spiro atoms. The summed E-state index contributed by atoms with van der Waals surface area (Å²) in [7, 11) is 0. The Morgan fingerprint density at radius 2 is 1.86 bits per heavy atom. The molecule has 0 fully saturated rings. The van der Waals surface area contributed by atoms with Crippen LogP contribution in [0.2, 0.25) is 0 Å². The van der Waals surface area contributed by atoms with E-state index in [9.17, 15) is 13.6 Å². The fourth-order valence-corrected chi connectivity index (χ4v) is 4.30. The maximum absolute atomic E-state index is 12.9. The average Bonchev–Trinajstić information content (AvgIpc) is 3.32. The highest BCUT2D eigenvalue weighted by Crippen LogP contribution is 2.25. The number of fused-ring (bicyclic) bond motifs is 2. The second kappa shape index (κ2) is 9.47. The van der Waals surface area contributed by atoms with Crippen LogP contribution >= 0.6 is 11.3 Å². The van der Waals surface area contributed by atoms with Crippen LogP contribution in [0.25, 0.3) is 21.0 Å². The van der Waals surface area contributed by atoms with Gasteiger partial charge in [0, 0.05) is 11.1 Å². The molecule has 0 aliphatic heterocycles. The number of alkyl halides is 2. The highest BCUT2D eigenvalue weighted by atomic mass is 32.1. The number of anilines is 3. The first-order chi connectivity index (χ1) is 17.0. The van der Waals surface area contributed by atoms with Gasteiger partial charge in [-0.2, -0.15) is 8.78 Å². The van der Waals surface area contributed by atoms with E-state index in [0.29, 0.717) is 29.3 Å². The molecule has 5 aromatic rings. The summed E-state index contributed by atoms with van der Waals surface area (Å²) >= 11 is 1.41. The lowest BCUT2D eigenvalue weighted by Crippen LogP contribution is -2.18. The van der Waals surface area contributed by atoms with Crippen LogP contribution in [0.1, 0.15) is 16.3 Å². The number of halogens is 2. The van der Waals surface area contributed by atoms with Gasteiger partial charge in [-0.1, -0.05) is 24.3 Å². The molecule has 11 heteroatoms. The van der Waals surface area contributed by atoms with Crippen LogP contribution in [0.4, 0.5) is 26.1 Å². The first kappa shape index (κ1) is 22.4. The first-order valence-electron chi connectivity index (χ1n) is 10.5. The van der Waals surface area contributed by atoms with Crippen LogP contribution in [0.5, 0.6) is 5.75 Å². The predicted molar refractivity (Wildman–Crippen MR) is 132 cm³/mol. The molecule has 4 N–H and O–H groups in total. The highest BCUT2D eigenvalue weighted by Gasteiger charge is 2.16. The van der Waals surface area contributed by atoms with Crippen LogP contribution in [-0.2, 0) is 6.54 Å². The third kappa shape index (κ3) is 4.94. The lowest BCUT2D eigenvalue weighted by Gasteiger charge is -2.12. The molecular formula is C24H18F2N6O2S. The van der Waals surface area contributed by atoms with Crippen LogP contribution in [0.15, 0.2) is 66.0 Å². The predicted octanol–water partition coefficient (Wildman–Crippen LogP) is 5.29. The van der Waals surface area contributed by atoms with Crippen LogP contribution in [0, 0.1) is 0 Å². The summed E-state index contributed by atoms with van der Waals surface area (Å²) in [6.45, 7) is -2.56. The molecule has 176 valence electrons. The Morgan fingerprint density at radius 3 is 2.66 bits per heavy atom. The number of nitrogens with one attached hydrogen (secondary N) is 2. The number of hydrogen-bond acceptors (Lipinski definition) is 8. The Bertz CT molecular complexity index is 1520. The van der Waals surface area contributed by atoms with Gasteiger partial charge in [-0.05, 0) is 47.2 Å². The topological polar surface area (TPSA) is 115 Å². The minimum atomic E-state index is -2.88. The van der Waals surface area contributed by atoms with Crippen molar-refractivity contribution in [2.45, 2.75) is 13.2 Å². The number of hydrogen-bond donors (Lipinski definition) is 3. The number of carbonyl (C=O) groups is 1. The summed E-state index contributed by atoms with van der Waals surface area (Å²) in [6, 6.07) is 17.3. The minimum Gasteiger partial charge on any atom is -0.435 e. The summed E-state index contributed by atoms with van der Waals surface area (Å²) in [5, 5.41) is 9.58. The number of nitrogens with two attached hydrogens (primary N) is 1. The zero-order valence-corrected chi connectivity index (χ0v) is 18.9. The monoisotopic (exact) mass is 492 g/mol. The maximum atomic E-state index is 12.9. The average molecular weight is 493 g/mol. The van der Waals surface area contributed by atoms with Gasteiger partial charge >= 0.3 is 6.61 Å². The molecule has 3 aromatic heterocycles. The van der Waals surface area contributed by atoms with Gasteiger partial charge in [0.05, 0.1) is 22.5 Å². The van der Waals surface area contributed by atoms with Crippen LogP contribution in [0.3, 0.4) is 0 Å². The second-order valence-corrected chi connectivity index (χ2v) is 8.37. The number of ether oxygens (including phenoxy) is 1. The van der Waals surface area contributed by atoms with Gasteiger partial charge in [-0.25, -0.2) is 15.0 Å². The largest absolute Gasteiger partial charge is 0.435 e. The molecule has 0 aliphatic carbocycles. The van der Waals surface area contributed by atoms with Crippen molar-refractivity contribution >= 4 is 55.6 Å². The number of rotatable bonds is 7. The highest BCUT2D eigenvalue weighted by molar-refractivity contribution is 7.17. The van der Waals surface area contributed by atoms with Crippen molar-refractivity contribution in [1.29, 1.82) is 0 Å². The summed E-state index contributed by atoms with van der Waals surface area (Å²) in [4.78, 5) is 25.9. The van der Waals surface area contributed by atoms with Gasteiger partial charge in [-0.15, -0.1) is 11.3 Å². The molecule has 8 nitrogen and oxygen atoms in total. The second-order valence-electron chi connectivity index (χ2n) is 7.45. The molecule has 3 heterocycles. The number of amides is 1. The van der Waals surface area contributed by atoms with Crippen molar-refractivity contribution in [2.75, 3.05) is 16.4 Å². The van der Waals surface area contributed by atoms with Gasteiger partial charge in [0.1, 0.15) is 17.4 Å². The first-order valence-corrected chi connectivity index (χ1v) is 11.3. The normalized spacial score (nSPS) is 11.2. The number of thiophene rings is 1. The number of carbonyl (C=O) groups excluding carboxylic acids is 1. The fourth-order valence-electron chi connectivity index (χ4n) is 3.57.